The Morgan fingerprint density at radius 3 is 2.62 bits per heavy atom. The molecule has 1 heterocycles. The summed E-state index contributed by atoms with van der Waals surface area (Å²) < 4.78 is 24.6. The van der Waals surface area contributed by atoms with E-state index < -0.39 is 10.0 Å². The van der Waals surface area contributed by atoms with Gasteiger partial charge in [0.25, 0.3) is 0 Å². The lowest BCUT2D eigenvalue weighted by Crippen LogP contribution is -2.37. The molecule has 0 aromatic heterocycles. The largest absolute Gasteiger partial charge is 0.297 e. The van der Waals surface area contributed by atoms with Crippen molar-refractivity contribution in [3.05, 3.63) is 34.9 Å². The van der Waals surface area contributed by atoms with Crippen LogP contribution in [0.2, 0.25) is 0 Å². The van der Waals surface area contributed by atoms with Crippen LogP contribution in [0.5, 0.6) is 0 Å². The van der Waals surface area contributed by atoms with Crippen molar-refractivity contribution in [3.8, 4) is 0 Å². The van der Waals surface area contributed by atoms with E-state index in [1.54, 1.807) is 0 Å². The Labute approximate surface area is 131 Å². The highest BCUT2D eigenvalue weighted by Gasteiger charge is 2.16. The number of nitrogens with zero attached hydrogens (tertiary/aromatic N) is 1. The molecular formula is C16H30N2O2S. The summed E-state index contributed by atoms with van der Waals surface area (Å²) in [7, 11) is -3.07. The van der Waals surface area contributed by atoms with Gasteiger partial charge < -0.3 is 0 Å². The molecular weight excluding hydrogens is 284 g/mol. The van der Waals surface area contributed by atoms with Gasteiger partial charge in [0.05, 0.1) is 6.26 Å². The minimum atomic E-state index is -3.07. The van der Waals surface area contributed by atoms with Crippen molar-refractivity contribution in [2.24, 2.45) is 0 Å². The van der Waals surface area contributed by atoms with Gasteiger partial charge in [-0.25, -0.2) is 13.1 Å². The van der Waals surface area contributed by atoms with Crippen LogP contribution in [0.15, 0.2) is 18.2 Å². The molecule has 21 heavy (non-hydrogen) atoms. The standard InChI is InChI=1S/C14H22N2O2S.C2H6.H2/c1-3-12-4-5-13-6-8-16(11-14(13)10-12)9-7-15-19(2,17)18;1-2;/h4-5,10,15H,3,6-9,11H2,1-2H3;1-2H3;1H. The molecule has 1 aromatic carbocycles. The highest BCUT2D eigenvalue weighted by atomic mass is 32.2. The van der Waals surface area contributed by atoms with E-state index in [9.17, 15) is 8.42 Å². The smallest absolute Gasteiger partial charge is 0.208 e. The Kier molecular flexibility index (Phi) is 7.35. The monoisotopic (exact) mass is 314 g/mol. The SMILES string of the molecule is CC.CCc1ccc2c(c1)CN(CCNS(C)(=O)=O)CC2.[HH]. The summed E-state index contributed by atoms with van der Waals surface area (Å²) in [6, 6.07) is 6.73. The third kappa shape index (κ3) is 6.16. The van der Waals surface area contributed by atoms with E-state index in [2.05, 4.69) is 34.7 Å². The molecule has 4 nitrogen and oxygen atoms in total. The van der Waals surface area contributed by atoms with Crippen molar-refractivity contribution >= 4 is 10.0 Å². The van der Waals surface area contributed by atoms with Gasteiger partial charge in [0.15, 0.2) is 0 Å². The molecule has 0 saturated carbocycles. The molecule has 1 aromatic rings. The first-order valence-corrected chi connectivity index (χ1v) is 9.65. The van der Waals surface area contributed by atoms with Crippen LogP contribution in [0, 0.1) is 0 Å². The van der Waals surface area contributed by atoms with Crippen molar-refractivity contribution in [3.63, 3.8) is 0 Å². The number of rotatable bonds is 5. The van der Waals surface area contributed by atoms with Crippen LogP contribution in [0.4, 0.5) is 0 Å². The summed E-state index contributed by atoms with van der Waals surface area (Å²) in [5.41, 5.74) is 4.20. The van der Waals surface area contributed by atoms with Gasteiger partial charge in [0.2, 0.25) is 10.0 Å². The highest BCUT2D eigenvalue weighted by Crippen LogP contribution is 2.20. The van der Waals surface area contributed by atoms with Gasteiger partial charge in [0, 0.05) is 27.6 Å². The van der Waals surface area contributed by atoms with Crippen molar-refractivity contribution < 1.29 is 9.84 Å². The second kappa shape index (κ2) is 8.51. The molecule has 1 aliphatic heterocycles. The fourth-order valence-corrected chi connectivity index (χ4v) is 2.93. The molecule has 5 heteroatoms. The second-order valence-corrected chi connectivity index (χ2v) is 6.98. The predicted octanol–water partition coefficient (Wildman–Crippen LogP) is 2.43. The fraction of sp³-hybridized carbons (Fsp3) is 0.625. The van der Waals surface area contributed by atoms with Gasteiger partial charge in [-0.05, 0) is 29.5 Å². The number of hydrogen-bond acceptors (Lipinski definition) is 3. The van der Waals surface area contributed by atoms with E-state index in [1.165, 1.54) is 22.9 Å². The van der Waals surface area contributed by atoms with Gasteiger partial charge in [-0.1, -0.05) is 39.0 Å². The molecule has 0 atom stereocenters. The number of sulfonamides is 1. The quantitative estimate of drug-likeness (QED) is 0.908. The van der Waals surface area contributed by atoms with E-state index in [-0.39, 0.29) is 1.43 Å². The van der Waals surface area contributed by atoms with Gasteiger partial charge in [-0.2, -0.15) is 0 Å². The van der Waals surface area contributed by atoms with E-state index in [4.69, 9.17) is 0 Å². The highest BCUT2D eigenvalue weighted by molar-refractivity contribution is 7.88. The number of benzene rings is 1. The molecule has 1 aliphatic rings. The van der Waals surface area contributed by atoms with Gasteiger partial charge >= 0.3 is 0 Å². The number of aryl methyl sites for hydroxylation is 1. The first-order chi connectivity index (χ1) is 9.98. The Bertz CT molecular complexity index is 547. The lowest BCUT2D eigenvalue weighted by Gasteiger charge is -2.29. The first kappa shape index (κ1) is 18.1. The van der Waals surface area contributed by atoms with Crippen LogP contribution in [-0.2, 0) is 29.4 Å². The van der Waals surface area contributed by atoms with Crippen molar-refractivity contribution in [2.75, 3.05) is 25.9 Å². The van der Waals surface area contributed by atoms with Crippen molar-refractivity contribution in [1.82, 2.24) is 9.62 Å². The predicted molar refractivity (Wildman–Crippen MR) is 91.1 cm³/mol. The normalized spacial score (nSPS) is 15.0. The average Bonchev–Trinajstić information content (AvgIpc) is 2.47. The number of hydrogen-bond donors (Lipinski definition) is 1. The lowest BCUT2D eigenvalue weighted by molar-refractivity contribution is 0.258. The molecule has 2 rings (SSSR count). The molecule has 122 valence electrons. The molecule has 1 N–H and O–H groups in total. The first-order valence-electron chi connectivity index (χ1n) is 7.75. The maximum absolute atomic E-state index is 11.0. The number of nitrogens with one attached hydrogen (secondary N) is 1. The van der Waals surface area contributed by atoms with Crippen LogP contribution >= 0.6 is 0 Å². The Morgan fingerprint density at radius 1 is 1.29 bits per heavy atom. The topological polar surface area (TPSA) is 49.4 Å². The van der Waals surface area contributed by atoms with Gasteiger partial charge in [-0.15, -0.1) is 0 Å². The lowest BCUT2D eigenvalue weighted by atomic mass is 9.96. The maximum Gasteiger partial charge on any atom is 0.208 e. The van der Waals surface area contributed by atoms with Crippen molar-refractivity contribution in [2.45, 2.75) is 40.2 Å². The third-order valence-electron chi connectivity index (χ3n) is 3.56. The van der Waals surface area contributed by atoms with Crippen LogP contribution < -0.4 is 4.72 Å². The molecule has 0 unspecified atom stereocenters. The second-order valence-electron chi connectivity index (χ2n) is 5.15. The summed E-state index contributed by atoms with van der Waals surface area (Å²) in [5.74, 6) is 0. The maximum atomic E-state index is 11.0. The fourth-order valence-electron chi connectivity index (χ4n) is 2.47. The van der Waals surface area contributed by atoms with E-state index in [0.717, 1.165) is 32.5 Å². The Balaban J connectivity index is 0.00000141. The van der Waals surface area contributed by atoms with E-state index >= 15 is 0 Å². The molecule has 0 radical (unpaired) electrons. The van der Waals surface area contributed by atoms with Crippen LogP contribution in [0.3, 0.4) is 0 Å². The molecule has 0 aliphatic carbocycles. The Hall–Kier alpha value is -0.910. The molecule has 0 bridgehead atoms. The van der Waals surface area contributed by atoms with E-state index in [1.807, 2.05) is 13.8 Å². The number of fused-ring (bicyclic) bond motifs is 1. The minimum absolute atomic E-state index is 0. The van der Waals surface area contributed by atoms with Gasteiger partial charge in [-0.3, -0.25) is 4.90 Å². The molecule has 0 amide bonds. The van der Waals surface area contributed by atoms with Crippen LogP contribution in [0.1, 0.15) is 38.9 Å². The molecule has 0 saturated heterocycles. The van der Waals surface area contributed by atoms with Crippen molar-refractivity contribution in [1.29, 1.82) is 0 Å². The summed E-state index contributed by atoms with van der Waals surface area (Å²) in [5, 5.41) is 0. The molecule has 0 fully saturated rings. The summed E-state index contributed by atoms with van der Waals surface area (Å²) in [6.07, 6.45) is 3.31. The average molecular weight is 314 g/mol. The minimum Gasteiger partial charge on any atom is -0.297 e. The zero-order valence-electron chi connectivity index (χ0n) is 13.6. The zero-order chi connectivity index (χ0) is 15.9. The summed E-state index contributed by atoms with van der Waals surface area (Å²) in [6.45, 7) is 9.35. The van der Waals surface area contributed by atoms with Gasteiger partial charge in [0.1, 0.15) is 0 Å². The third-order valence-corrected chi connectivity index (χ3v) is 4.29. The Morgan fingerprint density at radius 2 is 2.00 bits per heavy atom. The van der Waals surface area contributed by atoms with Crippen LogP contribution in [0.25, 0.3) is 0 Å². The molecule has 0 spiro atoms. The zero-order valence-corrected chi connectivity index (χ0v) is 14.5. The summed E-state index contributed by atoms with van der Waals surface area (Å²) in [4.78, 5) is 2.31. The van der Waals surface area contributed by atoms with Crippen LogP contribution in [-0.4, -0.2) is 39.2 Å². The summed E-state index contributed by atoms with van der Waals surface area (Å²) >= 11 is 0. The van der Waals surface area contributed by atoms with E-state index in [0.29, 0.717) is 6.54 Å².